The van der Waals surface area contributed by atoms with Crippen LogP contribution < -0.4 is 11.1 Å². The molecule has 18 heavy (non-hydrogen) atoms. The summed E-state index contributed by atoms with van der Waals surface area (Å²) in [5.74, 6) is 0. The first-order chi connectivity index (χ1) is 8.34. The number of ether oxygens (including phenoxy) is 1. The van der Waals surface area contributed by atoms with Gasteiger partial charge in [-0.25, -0.2) is 0 Å². The lowest BCUT2D eigenvalue weighted by molar-refractivity contribution is -0.136. The van der Waals surface area contributed by atoms with Crippen LogP contribution in [-0.2, 0) is 10.9 Å². The summed E-state index contributed by atoms with van der Waals surface area (Å²) in [6.07, 6.45) is -3.79. The Morgan fingerprint density at radius 1 is 1.39 bits per heavy atom. The van der Waals surface area contributed by atoms with Crippen molar-refractivity contribution in [1.29, 1.82) is 0 Å². The van der Waals surface area contributed by atoms with Crippen LogP contribution in [0.2, 0.25) is 0 Å². The molecule has 1 aromatic carbocycles. The van der Waals surface area contributed by atoms with Gasteiger partial charge in [0.1, 0.15) is 0 Å². The lowest BCUT2D eigenvalue weighted by Crippen LogP contribution is -2.20. The number of benzene rings is 1. The molecule has 1 aromatic rings. The van der Waals surface area contributed by atoms with Crippen LogP contribution in [0.25, 0.3) is 0 Å². The van der Waals surface area contributed by atoms with Crippen LogP contribution in [-0.4, -0.2) is 19.8 Å². The van der Waals surface area contributed by atoms with Crippen LogP contribution in [0.3, 0.4) is 0 Å². The minimum atomic E-state index is -4.42. The van der Waals surface area contributed by atoms with Gasteiger partial charge < -0.3 is 15.8 Å². The maximum absolute atomic E-state index is 12.8. The summed E-state index contributed by atoms with van der Waals surface area (Å²) >= 11 is 0. The summed E-state index contributed by atoms with van der Waals surface area (Å²) < 4.78 is 43.3. The normalized spacial score (nSPS) is 13.4. The molecule has 1 rings (SSSR count). The second-order valence-electron chi connectivity index (χ2n) is 4.13. The number of nitrogen functional groups attached to an aromatic ring is 1. The quantitative estimate of drug-likeness (QED) is 0.801. The lowest BCUT2D eigenvalue weighted by atomic mass is 10.1. The molecule has 0 spiro atoms. The van der Waals surface area contributed by atoms with E-state index in [4.69, 9.17) is 10.5 Å². The van der Waals surface area contributed by atoms with E-state index in [2.05, 4.69) is 5.32 Å². The van der Waals surface area contributed by atoms with Crippen LogP contribution in [0, 0.1) is 0 Å². The number of alkyl halides is 3. The highest BCUT2D eigenvalue weighted by Gasteiger charge is 2.33. The highest BCUT2D eigenvalue weighted by molar-refractivity contribution is 5.59. The van der Waals surface area contributed by atoms with Crippen LogP contribution in [0.5, 0.6) is 0 Å². The maximum Gasteiger partial charge on any atom is 0.418 e. The van der Waals surface area contributed by atoms with Gasteiger partial charge in [0.2, 0.25) is 0 Å². The van der Waals surface area contributed by atoms with Crippen molar-refractivity contribution in [2.45, 2.75) is 25.6 Å². The molecule has 0 radical (unpaired) electrons. The molecule has 0 heterocycles. The van der Waals surface area contributed by atoms with Gasteiger partial charge in [-0.1, -0.05) is 0 Å². The van der Waals surface area contributed by atoms with E-state index in [1.54, 1.807) is 14.0 Å². The van der Waals surface area contributed by atoms with Gasteiger partial charge >= 0.3 is 6.18 Å². The number of nitrogens with one attached hydrogen (secondary N) is 1. The van der Waals surface area contributed by atoms with Gasteiger partial charge in [0.05, 0.1) is 5.56 Å². The summed E-state index contributed by atoms with van der Waals surface area (Å²) in [5.41, 5.74) is 4.78. The molecule has 0 aromatic heterocycles. The predicted octanol–water partition coefficient (Wildman–Crippen LogP) is 3.12. The van der Waals surface area contributed by atoms with Gasteiger partial charge in [0.25, 0.3) is 0 Å². The first-order valence-electron chi connectivity index (χ1n) is 5.56. The van der Waals surface area contributed by atoms with E-state index in [1.165, 1.54) is 12.1 Å². The Labute approximate surface area is 104 Å². The van der Waals surface area contributed by atoms with Crippen molar-refractivity contribution >= 4 is 11.4 Å². The second-order valence-corrected chi connectivity index (χ2v) is 4.13. The van der Waals surface area contributed by atoms with Crippen LogP contribution in [0.4, 0.5) is 24.5 Å². The minimum absolute atomic E-state index is 0.0419. The standard InChI is InChI=1S/C12H17F3N2O/c1-8(5-6-18-2)17-11-4-3-9(16)7-10(11)12(13,14)15/h3-4,7-8,17H,5-6,16H2,1-2H3. The number of anilines is 2. The molecule has 3 N–H and O–H groups in total. The van der Waals surface area contributed by atoms with E-state index >= 15 is 0 Å². The van der Waals surface area contributed by atoms with Crippen molar-refractivity contribution in [3.05, 3.63) is 23.8 Å². The molecule has 0 saturated carbocycles. The zero-order valence-corrected chi connectivity index (χ0v) is 10.3. The van der Waals surface area contributed by atoms with Crippen molar-refractivity contribution < 1.29 is 17.9 Å². The third-order valence-electron chi connectivity index (χ3n) is 2.51. The third kappa shape index (κ3) is 4.10. The molecule has 0 amide bonds. The number of hydrogen-bond donors (Lipinski definition) is 2. The fourth-order valence-corrected chi connectivity index (χ4v) is 1.55. The summed E-state index contributed by atoms with van der Waals surface area (Å²) in [7, 11) is 1.55. The first-order valence-corrected chi connectivity index (χ1v) is 5.56. The van der Waals surface area contributed by atoms with Crippen LogP contribution >= 0.6 is 0 Å². The third-order valence-corrected chi connectivity index (χ3v) is 2.51. The van der Waals surface area contributed by atoms with Gasteiger partial charge in [-0.3, -0.25) is 0 Å². The van der Waals surface area contributed by atoms with E-state index in [1.807, 2.05) is 0 Å². The summed E-state index contributed by atoms with van der Waals surface area (Å²) in [5, 5.41) is 2.82. The summed E-state index contributed by atoms with van der Waals surface area (Å²) in [6, 6.07) is 3.61. The fourth-order valence-electron chi connectivity index (χ4n) is 1.55. The minimum Gasteiger partial charge on any atom is -0.399 e. The van der Waals surface area contributed by atoms with Gasteiger partial charge in [-0.15, -0.1) is 0 Å². The molecule has 6 heteroatoms. The molecule has 0 bridgehead atoms. The van der Waals surface area contributed by atoms with Crippen molar-refractivity contribution in [3.63, 3.8) is 0 Å². The van der Waals surface area contributed by atoms with E-state index in [0.29, 0.717) is 13.0 Å². The Hall–Kier alpha value is -1.43. The zero-order valence-electron chi connectivity index (χ0n) is 10.3. The Balaban J connectivity index is 2.88. The monoisotopic (exact) mass is 262 g/mol. The molecule has 1 unspecified atom stereocenters. The first kappa shape index (κ1) is 14.6. The molecular formula is C12H17F3N2O. The number of methoxy groups -OCH3 is 1. The summed E-state index contributed by atoms with van der Waals surface area (Å²) in [6.45, 7) is 2.29. The average Bonchev–Trinajstić information content (AvgIpc) is 2.27. The highest BCUT2D eigenvalue weighted by Crippen LogP contribution is 2.36. The molecule has 0 aliphatic carbocycles. The molecule has 3 nitrogen and oxygen atoms in total. The highest BCUT2D eigenvalue weighted by atomic mass is 19.4. The largest absolute Gasteiger partial charge is 0.418 e. The van der Waals surface area contributed by atoms with Crippen molar-refractivity contribution in [2.75, 3.05) is 24.8 Å². The number of rotatable bonds is 5. The lowest BCUT2D eigenvalue weighted by Gasteiger charge is -2.19. The fraction of sp³-hybridized carbons (Fsp3) is 0.500. The predicted molar refractivity (Wildman–Crippen MR) is 65.4 cm³/mol. The van der Waals surface area contributed by atoms with Gasteiger partial charge in [-0.05, 0) is 31.5 Å². The second kappa shape index (κ2) is 5.95. The molecular weight excluding hydrogens is 245 g/mol. The van der Waals surface area contributed by atoms with Crippen molar-refractivity contribution in [2.24, 2.45) is 0 Å². The summed E-state index contributed by atoms with van der Waals surface area (Å²) in [4.78, 5) is 0. The zero-order chi connectivity index (χ0) is 13.8. The van der Waals surface area contributed by atoms with E-state index in [0.717, 1.165) is 6.07 Å². The average molecular weight is 262 g/mol. The van der Waals surface area contributed by atoms with Gasteiger partial charge in [-0.2, -0.15) is 13.2 Å². The van der Waals surface area contributed by atoms with E-state index < -0.39 is 11.7 Å². The molecule has 0 aliphatic rings. The molecule has 0 fully saturated rings. The number of nitrogens with two attached hydrogens (primary N) is 1. The maximum atomic E-state index is 12.8. The molecule has 102 valence electrons. The SMILES string of the molecule is COCCC(C)Nc1ccc(N)cc1C(F)(F)F. The smallest absolute Gasteiger partial charge is 0.399 e. The Kier molecular flexibility index (Phi) is 4.84. The molecule has 0 saturated heterocycles. The van der Waals surface area contributed by atoms with E-state index in [9.17, 15) is 13.2 Å². The van der Waals surface area contributed by atoms with Gasteiger partial charge in [0.15, 0.2) is 0 Å². The Bertz CT molecular complexity index is 393. The molecule has 0 aliphatic heterocycles. The van der Waals surface area contributed by atoms with Crippen LogP contribution in [0.1, 0.15) is 18.9 Å². The van der Waals surface area contributed by atoms with Crippen molar-refractivity contribution in [3.8, 4) is 0 Å². The van der Waals surface area contributed by atoms with Crippen LogP contribution in [0.15, 0.2) is 18.2 Å². The van der Waals surface area contributed by atoms with E-state index in [-0.39, 0.29) is 17.4 Å². The topological polar surface area (TPSA) is 47.3 Å². The number of hydrogen-bond acceptors (Lipinski definition) is 3. The van der Waals surface area contributed by atoms with Crippen molar-refractivity contribution in [1.82, 2.24) is 0 Å². The number of halogens is 3. The Morgan fingerprint density at radius 3 is 2.61 bits per heavy atom. The Morgan fingerprint density at radius 2 is 2.06 bits per heavy atom. The van der Waals surface area contributed by atoms with Gasteiger partial charge in [0, 0.05) is 31.1 Å². The molecule has 1 atom stereocenters.